The maximum absolute atomic E-state index is 5.72. The highest BCUT2D eigenvalue weighted by Gasteiger charge is 2.22. The van der Waals surface area contributed by atoms with E-state index < -0.39 is 0 Å². The monoisotopic (exact) mass is 348 g/mol. The summed E-state index contributed by atoms with van der Waals surface area (Å²) in [5.41, 5.74) is 3.34. The largest absolute Gasteiger partial charge is 0.497 e. The number of hydrogen-bond acceptors (Lipinski definition) is 2. The third-order valence-corrected chi connectivity index (χ3v) is 4.18. The first-order chi connectivity index (χ1) is 9.88. The molecule has 21 heavy (non-hydrogen) atoms. The van der Waals surface area contributed by atoms with E-state index in [9.17, 15) is 0 Å². The Hall–Kier alpha value is -1.48. The first kappa shape index (κ1) is 15.9. The molecule has 0 saturated carbocycles. The summed E-state index contributed by atoms with van der Waals surface area (Å²) in [6.07, 6.45) is 0. The van der Waals surface area contributed by atoms with E-state index in [0.717, 1.165) is 27.1 Å². The van der Waals surface area contributed by atoms with Gasteiger partial charge in [-0.25, -0.2) is 0 Å². The highest BCUT2D eigenvalue weighted by molar-refractivity contribution is 9.10. The number of benzene rings is 2. The van der Waals surface area contributed by atoms with Crippen LogP contribution in [0.25, 0.3) is 11.1 Å². The fraction of sp³-hybridized carbons (Fsp3) is 0.333. The van der Waals surface area contributed by atoms with Crippen molar-refractivity contribution in [2.24, 2.45) is 0 Å². The van der Waals surface area contributed by atoms with Crippen LogP contribution in [-0.4, -0.2) is 14.2 Å². The lowest BCUT2D eigenvalue weighted by molar-refractivity contribution is 0.399. The van der Waals surface area contributed by atoms with Crippen molar-refractivity contribution < 1.29 is 9.47 Å². The molecule has 0 spiro atoms. The van der Waals surface area contributed by atoms with E-state index in [1.807, 2.05) is 18.2 Å². The second-order valence-electron chi connectivity index (χ2n) is 5.98. The van der Waals surface area contributed by atoms with Crippen LogP contribution in [0.5, 0.6) is 11.5 Å². The van der Waals surface area contributed by atoms with E-state index in [4.69, 9.17) is 9.47 Å². The number of halogens is 1. The highest BCUT2D eigenvalue weighted by atomic mass is 79.9. The molecule has 2 nitrogen and oxygen atoms in total. The van der Waals surface area contributed by atoms with E-state index in [1.165, 1.54) is 5.56 Å². The number of rotatable bonds is 3. The molecule has 3 heteroatoms. The topological polar surface area (TPSA) is 18.5 Å². The molecule has 0 N–H and O–H groups in total. The minimum absolute atomic E-state index is 0.0205. The van der Waals surface area contributed by atoms with Crippen molar-refractivity contribution in [2.45, 2.75) is 26.2 Å². The summed E-state index contributed by atoms with van der Waals surface area (Å²) in [4.78, 5) is 0. The van der Waals surface area contributed by atoms with Gasteiger partial charge in [-0.3, -0.25) is 0 Å². The van der Waals surface area contributed by atoms with Crippen LogP contribution in [-0.2, 0) is 5.41 Å². The molecule has 0 atom stereocenters. The van der Waals surface area contributed by atoms with E-state index in [0.29, 0.717) is 0 Å². The minimum atomic E-state index is 0.0205. The average Bonchev–Trinajstić information content (AvgIpc) is 2.46. The lowest BCUT2D eigenvalue weighted by Crippen LogP contribution is -2.13. The Morgan fingerprint density at radius 3 is 2.19 bits per heavy atom. The van der Waals surface area contributed by atoms with Crippen LogP contribution in [0.4, 0.5) is 0 Å². The van der Waals surface area contributed by atoms with Gasteiger partial charge in [0, 0.05) is 21.2 Å². The van der Waals surface area contributed by atoms with Gasteiger partial charge in [0.15, 0.2) is 0 Å². The zero-order chi connectivity index (χ0) is 15.6. The molecule has 0 radical (unpaired) electrons. The Labute approximate surface area is 135 Å². The van der Waals surface area contributed by atoms with E-state index in [-0.39, 0.29) is 5.41 Å². The van der Waals surface area contributed by atoms with Gasteiger partial charge < -0.3 is 9.47 Å². The first-order valence-corrected chi connectivity index (χ1v) is 7.69. The summed E-state index contributed by atoms with van der Waals surface area (Å²) >= 11 is 3.62. The van der Waals surface area contributed by atoms with Gasteiger partial charge in [0.05, 0.1) is 14.2 Å². The summed E-state index contributed by atoms with van der Waals surface area (Å²) in [6, 6.07) is 12.2. The van der Waals surface area contributed by atoms with Crippen molar-refractivity contribution in [1.29, 1.82) is 0 Å². The summed E-state index contributed by atoms with van der Waals surface area (Å²) in [5, 5.41) is 0. The van der Waals surface area contributed by atoms with Gasteiger partial charge in [-0.2, -0.15) is 0 Å². The minimum Gasteiger partial charge on any atom is -0.497 e. The molecule has 0 bridgehead atoms. The maximum atomic E-state index is 5.72. The van der Waals surface area contributed by atoms with Crippen molar-refractivity contribution in [3.63, 3.8) is 0 Å². The standard InChI is InChI=1S/C18H21BrO2/c1-18(2,3)15-8-6-7-13(17(15)21-5)14-11-12(20-4)9-10-16(14)19/h6-11H,1-5H3. The molecule has 0 aliphatic heterocycles. The summed E-state index contributed by atoms with van der Waals surface area (Å²) < 4.78 is 12.1. The molecule has 0 aliphatic rings. The van der Waals surface area contributed by atoms with Crippen molar-refractivity contribution in [1.82, 2.24) is 0 Å². The van der Waals surface area contributed by atoms with Crippen LogP contribution in [0.1, 0.15) is 26.3 Å². The molecule has 0 fully saturated rings. The van der Waals surface area contributed by atoms with Crippen molar-refractivity contribution in [2.75, 3.05) is 14.2 Å². The molecule has 0 aliphatic carbocycles. The average molecular weight is 349 g/mol. The molecule has 0 unspecified atom stereocenters. The highest BCUT2D eigenvalue weighted by Crippen LogP contribution is 2.42. The molecular formula is C18H21BrO2. The molecule has 2 rings (SSSR count). The first-order valence-electron chi connectivity index (χ1n) is 6.90. The van der Waals surface area contributed by atoms with Gasteiger partial charge >= 0.3 is 0 Å². The predicted molar refractivity (Wildman–Crippen MR) is 91.4 cm³/mol. The second kappa shape index (κ2) is 6.10. The van der Waals surface area contributed by atoms with Crippen molar-refractivity contribution in [3.05, 3.63) is 46.4 Å². The van der Waals surface area contributed by atoms with Gasteiger partial charge in [0.25, 0.3) is 0 Å². The molecule has 0 amide bonds. The lowest BCUT2D eigenvalue weighted by Gasteiger charge is -2.24. The maximum Gasteiger partial charge on any atom is 0.130 e. The summed E-state index contributed by atoms with van der Waals surface area (Å²) in [5.74, 6) is 1.75. The molecular weight excluding hydrogens is 328 g/mol. The summed E-state index contributed by atoms with van der Waals surface area (Å²) in [7, 11) is 3.40. The van der Waals surface area contributed by atoms with Gasteiger partial charge in [-0.15, -0.1) is 0 Å². The number of hydrogen-bond donors (Lipinski definition) is 0. The normalized spacial score (nSPS) is 11.3. The Morgan fingerprint density at radius 1 is 0.905 bits per heavy atom. The van der Waals surface area contributed by atoms with Gasteiger partial charge in [0.2, 0.25) is 0 Å². The fourth-order valence-electron chi connectivity index (χ4n) is 2.40. The second-order valence-corrected chi connectivity index (χ2v) is 6.84. The zero-order valence-electron chi connectivity index (χ0n) is 13.2. The fourth-order valence-corrected chi connectivity index (χ4v) is 2.86. The van der Waals surface area contributed by atoms with Crippen LogP contribution in [0.2, 0.25) is 0 Å². The van der Waals surface area contributed by atoms with Crippen LogP contribution in [0.15, 0.2) is 40.9 Å². The van der Waals surface area contributed by atoms with Crippen LogP contribution >= 0.6 is 15.9 Å². The van der Waals surface area contributed by atoms with E-state index in [1.54, 1.807) is 14.2 Å². The van der Waals surface area contributed by atoms with E-state index in [2.05, 4.69) is 54.9 Å². The lowest BCUT2D eigenvalue weighted by atomic mass is 9.84. The Balaban J connectivity index is 2.70. The number of para-hydroxylation sites is 1. The molecule has 0 aromatic heterocycles. The molecule has 2 aromatic carbocycles. The predicted octanol–water partition coefficient (Wildman–Crippen LogP) is 5.43. The Kier molecular flexibility index (Phi) is 4.62. The van der Waals surface area contributed by atoms with Crippen molar-refractivity contribution in [3.8, 4) is 22.6 Å². The third-order valence-electron chi connectivity index (χ3n) is 3.49. The third kappa shape index (κ3) is 3.24. The van der Waals surface area contributed by atoms with Crippen LogP contribution in [0.3, 0.4) is 0 Å². The van der Waals surface area contributed by atoms with Gasteiger partial charge in [-0.05, 0) is 23.6 Å². The van der Waals surface area contributed by atoms with Gasteiger partial charge in [0.1, 0.15) is 11.5 Å². The van der Waals surface area contributed by atoms with Crippen molar-refractivity contribution >= 4 is 15.9 Å². The summed E-state index contributed by atoms with van der Waals surface area (Å²) in [6.45, 7) is 6.57. The van der Waals surface area contributed by atoms with Gasteiger partial charge in [-0.1, -0.05) is 54.9 Å². The molecule has 112 valence electrons. The number of methoxy groups -OCH3 is 2. The molecule has 0 saturated heterocycles. The van der Waals surface area contributed by atoms with Crippen LogP contribution < -0.4 is 9.47 Å². The Morgan fingerprint density at radius 2 is 1.62 bits per heavy atom. The molecule has 0 heterocycles. The quantitative estimate of drug-likeness (QED) is 0.736. The Bertz CT molecular complexity index is 642. The zero-order valence-corrected chi connectivity index (χ0v) is 14.7. The smallest absolute Gasteiger partial charge is 0.130 e. The number of ether oxygens (including phenoxy) is 2. The SMILES string of the molecule is COc1ccc(Br)c(-c2cccc(C(C)(C)C)c2OC)c1. The molecule has 2 aromatic rings. The van der Waals surface area contributed by atoms with Crippen LogP contribution in [0, 0.1) is 0 Å². The van der Waals surface area contributed by atoms with E-state index >= 15 is 0 Å².